The Labute approximate surface area is 127 Å². The second-order valence-electron chi connectivity index (χ2n) is 5.93. The van der Waals surface area contributed by atoms with Gasteiger partial charge in [-0.2, -0.15) is 0 Å². The van der Waals surface area contributed by atoms with Crippen molar-refractivity contribution in [2.45, 2.75) is 84.5 Å². The van der Waals surface area contributed by atoms with Crippen molar-refractivity contribution in [1.82, 2.24) is 0 Å². The topological polar surface area (TPSA) is 0 Å². The van der Waals surface area contributed by atoms with E-state index < -0.39 is 0 Å². The quantitative estimate of drug-likeness (QED) is 0.414. The predicted octanol–water partition coefficient (Wildman–Crippen LogP) is 6.31. The predicted molar refractivity (Wildman–Crippen MR) is 91.2 cm³/mol. The number of hydrogen-bond donors (Lipinski definition) is 0. The van der Waals surface area contributed by atoms with Crippen molar-refractivity contribution in [1.29, 1.82) is 0 Å². The van der Waals surface area contributed by atoms with Gasteiger partial charge in [-0.3, -0.25) is 0 Å². The first-order valence-electron chi connectivity index (χ1n) is 8.72. The van der Waals surface area contributed by atoms with Gasteiger partial charge in [-0.05, 0) is 55.7 Å². The maximum atomic E-state index is 4.17. The van der Waals surface area contributed by atoms with Crippen LogP contribution in [-0.4, -0.2) is 0 Å². The Bertz CT molecular complexity index is 321. The van der Waals surface area contributed by atoms with Gasteiger partial charge in [-0.15, -0.1) is 0 Å². The van der Waals surface area contributed by atoms with Gasteiger partial charge in [-0.1, -0.05) is 70.6 Å². The first-order valence-corrected chi connectivity index (χ1v) is 8.72. The highest BCUT2D eigenvalue weighted by molar-refractivity contribution is 5.36. The second kappa shape index (κ2) is 10.9. The Morgan fingerprint density at radius 2 is 1.25 bits per heavy atom. The van der Waals surface area contributed by atoms with Crippen LogP contribution in [0, 0.1) is 6.92 Å². The molecule has 0 heteroatoms. The van der Waals surface area contributed by atoms with E-state index in [0.29, 0.717) is 0 Å². The lowest BCUT2D eigenvalue weighted by Crippen LogP contribution is -2.00. The summed E-state index contributed by atoms with van der Waals surface area (Å²) in [5, 5.41) is 0. The molecule has 0 saturated heterocycles. The monoisotopic (exact) mass is 273 g/mol. The first kappa shape index (κ1) is 17.3. The molecule has 0 aromatic heterocycles. The van der Waals surface area contributed by atoms with Crippen molar-refractivity contribution in [3.63, 3.8) is 0 Å². The summed E-state index contributed by atoms with van der Waals surface area (Å²) in [6.07, 6.45) is 14.2. The fraction of sp³-hybridized carbons (Fsp3) is 0.650. The summed E-state index contributed by atoms with van der Waals surface area (Å²) >= 11 is 0. The molecular weight excluding hydrogens is 240 g/mol. The minimum absolute atomic E-state index is 0.951. The van der Waals surface area contributed by atoms with E-state index in [1.165, 1.54) is 64.2 Å². The lowest BCUT2D eigenvalue weighted by molar-refractivity contribution is 0.657. The zero-order valence-electron chi connectivity index (χ0n) is 13.7. The number of benzene rings is 1. The molecule has 113 valence electrons. The van der Waals surface area contributed by atoms with Gasteiger partial charge in [0, 0.05) is 0 Å². The number of unbranched alkanes of at least 4 members (excludes halogenated alkanes) is 6. The van der Waals surface area contributed by atoms with E-state index in [9.17, 15) is 0 Å². The van der Waals surface area contributed by atoms with E-state index >= 15 is 0 Å². The number of rotatable bonds is 11. The molecule has 20 heavy (non-hydrogen) atoms. The molecule has 0 aliphatic rings. The summed E-state index contributed by atoms with van der Waals surface area (Å²) in [5.74, 6) is 0. The van der Waals surface area contributed by atoms with Gasteiger partial charge in [0.2, 0.25) is 0 Å². The van der Waals surface area contributed by atoms with E-state index in [1.807, 2.05) is 0 Å². The molecule has 0 N–H and O–H groups in total. The molecule has 0 nitrogen and oxygen atoms in total. The molecule has 0 aliphatic heterocycles. The van der Waals surface area contributed by atoms with Crippen LogP contribution < -0.4 is 0 Å². The maximum Gasteiger partial charge on any atom is -0.0273 e. The summed E-state index contributed by atoms with van der Waals surface area (Å²) in [5.41, 5.74) is 4.66. The van der Waals surface area contributed by atoms with Gasteiger partial charge in [0.1, 0.15) is 0 Å². The molecule has 0 atom stereocenters. The van der Waals surface area contributed by atoms with E-state index in [1.54, 1.807) is 16.7 Å². The third-order valence-electron chi connectivity index (χ3n) is 4.22. The molecule has 0 unspecified atom stereocenters. The SMILES string of the molecule is [CH2]Cc1c(CCCCCC)cccc1CCCCCC. The smallest absolute Gasteiger partial charge is 0.0273 e. The lowest BCUT2D eigenvalue weighted by Gasteiger charge is -2.13. The summed E-state index contributed by atoms with van der Waals surface area (Å²) < 4.78 is 0. The summed E-state index contributed by atoms with van der Waals surface area (Å²) in [4.78, 5) is 0. The number of hydrogen-bond acceptors (Lipinski definition) is 0. The Balaban J connectivity index is 2.56. The van der Waals surface area contributed by atoms with Gasteiger partial charge in [0.05, 0.1) is 0 Å². The van der Waals surface area contributed by atoms with Crippen molar-refractivity contribution in [2.75, 3.05) is 0 Å². The van der Waals surface area contributed by atoms with Crippen LogP contribution in [0.1, 0.15) is 81.9 Å². The van der Waals surface area contributed by atoms with Gasteiger partial charge >= 0.3 is 0 Å². The Kier molecular flexibility index (Phi) is 9.45. The second-order valence-corrected chi connectivity index (χ2v) is 5.93. The van der Waals surface area contributed by atoms with Crippen LogP contribution in [0.2, 0.25) is 0 Å². The molecule has 0 spiro atoms. The minimum Gasteiger partial charge on any atom is -0.0654 e. The van der Waals surface area contributed by atoms with Crippen LogP contribution in [0.15, 0.2) is 18.2 Å². The van der Waals surface area contributed by atoms with E-state index in [4.69, 9.17) is 0 Å². The third-order valence-corrected chi connectivity index (χ3v) is 4.22. The van der Waals surface area contributed by atoms with Crippen LogP contribution in [0.3, 0.4) is 0 Å². The van der Waals surface area contributed by atoms with Crippen molar-refractivity contribution >= 4 is 0 Å². The minimum atomic E-state index is 0.951. The van der Waals surface area contributed by atoms with Crippen LogP contribution in [0.25, 0.3) is 0 Å². The molecule has 1 radical (unpaired) electrons. The summed E-state index contributed by atoms with van der Waals surface area (Å²) in [6.45, 7) is 8.72. The molecule has 0 fully saturated rings. The van der Waals surface area contributed by atoms with Crippen LogP contribution in [-0.2, 0) is 19.3 Å². The van der Waals surface area contributed by atoms with Crippen LogP contribution >= 0.6 is 0 Å². The van der Waals surface area contributed by atoms with Gasteiger partial charge in [0.15, 0.2) is 0 Å². The molecule has 0 saturated carbocycles. The van der Waals surface area contributed by atoms with Crippen molar-refractivity contribution in [2.24, 2.45) is 0 Å². The zero-order chi connectivity index (χ0) is 14.6. The Morgan fingerprint density at radius 1 is 0.750 bits per heavy atom. The average molecular weight is 273 g/mol. The van der Waals surface area contributed by atoms with Crippen LogP contribution in [0.5, 0.6) is 0 Å². The molecule has 0 bridgehead atoms. The molecule has 0 amide bonds. The Hall–Kier alpha value is -0.780. The van der Waals surface area contributed by atoms with E-state index in [0.717, 1.165) is 6.42 Å². The average Bonchev–Trinajstić information content (AvgIpc) is 2.48. The fourth-order valence-electron chi connectivity index (χ4n) is 2.96. The van der Waals surface area contributed by atoms with E-state index in [2.05, 4.69) is 39.0 Å². The highest BCUT2D eigenvalue weighted by Gasteiger charge is 2.06. The normalized spacial score (nSPS) is 10.9. The number of aryl methyl sites for hydroxylation is 2. The van der Waals surface area contributed by atoms with Gasteiger partial charge in [-0.25, -0.2) is 0 Å². The van der Waals surface area contributed by atoms with Crippen LogP contribution in [0.4, 0.5) is 0 Å². The molecule has 0 heterocycles. The molecular formula is C20H33. The molecule has 1 rings (SSSR count). The standard InChI is InChI=1S/C20H33/c1-4-7-9-11-14-18-16-13-17-19(20(18)6-3)15-12-10-8-5-2/h13,16-17H,3-12,14-15H2,1-2H3. The maximum absolute atomic E-state index is 4.17. The van der Waals surface area contributed by atoms with Crippen molar-refractivity contribution in [3.05, 3.63) is 41.8 Å². The Morgan fingerprint density at radius 3 is 1.65 bits per heavy atom. The first-order chi connectivity index (χ1) is 9.83. The van der Waals surface area contributed by atoms with Gasteiger partial charge < -0.3 is 0 Å². The lowest BCUT2D eigenvalue weighted by atomic mass is 9.92. The summed E-state index contributed by atoms with van der Waals surface area (Å²) in [6, 6.07) is 6.90. The molecule has 0 aliphatic carbocycles. The largest absolute Gasteiger partial charge is 0.0654 e. The summed E-state index contributed by atoms with van der Waals surface area (Å²) in [7, 11) is 0. The molecule has 1 aromatic carbocycles. The zero-order valence-corrected chi connectivity index (χ0v) is 13.7. The highest BCUT2D eigenvalue weighted by Crippen LogP contribution is 2.20. The van der Waals surface area contributed by atoms with Crippen molar-refractivity contribution in [3.8, 4) is 0 Å². The fourth-order valence-corrected chi connectivity index (χ4v) is 2.96. The third kappa shape index (κ3) is 6.11. The van der Waals surface area contributed by atoms with Gasteiger partial charge in [0.25, 0.3) is 0 Å². The highest BCUT2D eigenvalue weighted by atomic mass is 14.1. The van der Waals surface area contributed by atoms with Crippen molar-refractivity contribution < 1.29 is 0 Å². The molecule has 1 aromatic rings. The van der Waals surface area contributed by atoms with E-state index in [-0.39, 0.29) is 0 Å².